The van der Waals surface area contributed by atoms with Crippen LogP contribution < -0.4 is 16.4 Å². The summed E-state index contributed by atoms with van der Waals surface area (Å²) in [4.78, 5) is 24.5. The molecule has 1 aromatic rings. The van der Waals surface area contributed by atoms with Gasteiger partial charge in [-0.3, -0.25) is 9.59 Å². The highest BCUT2D eigenvalue weighted by molar-refractivity contribution is 6.30. The van der Waals surface area contributed by atoms with Crippen molar-refractivity contribution in [3.05, 3.63) is 34.9 Å². The molecule has 1 rings (SSSR count). The zero-order valence-corrected chi connectivity index (χ0v) is 15.2. The van der Waals surface area contributed by atoms with Crippen LogP contribution in [0.2, 0.25) is 5.02 Å². The number of nitrogens with one attached hydrogen (secondary N) is 2. The molecule has 5 nitrogen and oxygen atoms in total. The van der Waals surface area contributed by atoms with E-state index in [-0.39, 0.29) is 36.1 Å². The minimum absolute atomic E-state index is 0. The van der Waals surface area contributed by atoms with Crippen LogP contribution in [0.1, 0.15) is 31.1 Å². The van der Waals surface area contributed by atoms with Crippen molar-refractivity contribution < 1.29 is 9.59 Å². The number of nitrogens with two attached hydrogens (primary N) is 1. The maximum absolute atomic E-state index is 12.2. The molecule has 0 radical (unpaired) electrons. The summed E-state index contributed by atoms with van der Waals surface area (Å²) in [6, 6.07) is 5.95. The lowest BCUT2D eigenvalue weighted by Crippen LogP contribution is -2.50. The van der Waals surface area contributed by atoms with Crippen LogP contribution in [0.3, 0.4) is 0 Å². The summed E-state index contributed by atoms with van der Waals surface area (Å²) in [5.74, 6) is -0.317. The minimum atomic E-state index is -0.590. The molecule has 2 unspecified atom stereocenters. The van der Waals surface area contributed by atoms with Crippen LogP contribution in [-0.4, -0.2) is 30.9 Å². The predicted molar refractivity (Wildman–Crippen MR) is 96.0 cm³/mol. The average molecular weight is 362 g/mol. The SMILES string of the molecule is CC(CN)CNC(=O)C(NC(=O)c1ccc(Cl)cc1)C(C)C.Cl. The fourth-order valence-corrected chi connectivity index (χ4v) is 1.95. The van der Waals surface area contributed by atoms with Crippen LogP contribution in [0.25, 0.3) is 0 Å². The van der Waals surface area contributed by atoms with Gasteiger partial charge in [-0.05, 0) is 42.6 Å². The predicted octanol–water partition coefficient (Wildman–Crippen LogP) is 2.23. The molecule has 0 aliphatic carbocycles. The van der Waals surface area contributed by atoms with Crippen LogP contribution >= 0.6 is 24.0 Å². The van der Waals surface area contributed by atoms with Gasteiger partial charge in [-0.1, -0.05) is 32.4 Å². The van der Waals surface area contributed by atoms with E-state index in [2.05, 4.69) is 10.6 Å². The van der Waals surface area contributed by atoms with Crippen molar-refractivity contribution >= 4 is 35.8 Å². The smallest absolute Gasteiger partial charge is 0.251 e. The summed E-state index contributed by atoms with van der Waals surface area (Å²) in [6.45, 7) is 6.73. The van der Waals surface area contributed by atoms with Crippen molar-refractivity contribution in [2.75, 3.05) is 13.1 Å². The van der Waals surface area contributed by atoms with E-state index in [0.29, 0.717) is 23.7 Å². The van der Waals surface area contributed by atoms with Gasteiger partial charge in [0.25, 0.3) is 5.91 Å². The first-order chi connectivity index (χ1) is 10.3. The first-order valence-corrected chi connectivity index (χ1v) is 7.77. The molecule has 4 N–H and O–H groups in total. The number of carbonyl (C=O) groups excluding carboxylic acids is 2. The maximum Gasteiger partial charge on any atom is 0.251 e. The van der Waals surface area contributed by atoms with Crippen molar-refractivity contribution in [1.82, 2.24) is 10.6 Å². The quantitative estimate of drug-likeness (QED) is 0.696. The molecule has 2 atom stereocenters. The molecule has 0 aliphatic rings. The van der Waals surface area contributed by atoms with Gasteiger partial charge in [-0.15, -0.1) is 12.4 Å². The largest absolute Gasteiger partial charge is 0.354 e. The van der Waals surface area contributed by atoms with E-state index in [1.807, 2.05) is 20.8 Å². The van der Waals surface area contributed by atoms with Crippen molar-refractivity contribution in [3.8, 4) is 0 Å². The summed E-state index contributed by atoms with van der Waals surface area (Å²) in [7, 11) is 0. The Morgan fingerprint density at radius 3 is 2.22 bits per heavy atom. The van der Waals surface area contributed by atoms with Crippen molar-refractivity contribution in [2.24, 2.45) is 17.6 Å². The minimum Gasteiger partial charge on any atom is -0.354 e. The lowest BCUT2D eigenvalue weighted by Gasteiger charge is -2.22. The maximum atomic E-state index is 12.2. The molecule has 1 aromatic carbocycles. The van der Waals surface area contributed by atoms with Gasteiger partial charge in [0.05, 0.1) is 0 Å². The van der Waals surface area contributed by atoms with Gasteiger partial charge < -0.3 is 16.4 Å². The third-order valence-corrected chi connectivity index (χ3v) is 3.62. The summed E-state index contributed by atoms with van der Waals surface area (Å²) >= 11 is 5.80. The molecular weight excluding hydrogens is 337 g/mol. The second-order valence-corrected chi connectivity index (χ2v) is 6.22. The number of amides is 2. The second-order valence-electron chi connectivity index (χ2n) is 5.79. The molecule has 0 fully saturated rings. The molecule has 7 heteroatoms. The van der Waals surface area contributed by atoms with Crippen molar-refractivity contribution in [2.45, 2.75) is 26.8 Å². The molecule has 23 heavy (non-hydrogen) atoms. The topological polar surface area (TPSA) is 84.2 Å². The number of hydrogen-bond acceptors (Lipinski definition) is 3. The molecule has 0 spiro atoms. The Balaban J connectivity index is 0.00000484. The Morgan fingerprint density at radius 1 is 1.17 bits per heavy atom. The highest BCUT2D eigenvalue weighted by atomic mass is 35.5. The second kappa shape index (κ2) is 10.5. The first-order valence-electron chi connectivity index (χ1n) is 7.39. The molecule has 0 aromatic heterocycles. The normalized spacial score (nSPS) is 13.0. The molecular formula is C16H25Cl2N3O2. The van der Waals surface area contributed by atoms with E-state index in [4.69, 9.17) is 17.3 Å². The zero-order chi connectivity index (χ0) is 16.7. The summed E-state index contributed by atoms with van der Waals surface area (Å²) in [6.07, 6.45) is 0. The van der Waals surface area contributed by atoms with E-state index in [9.17, 15) is 9.59 Å². The van der Waals surface area contributed by atoms with Gasteiger partial charge in [0.2, 0.25) is 5.91 Å². The van der Waals surface area contributed by atoms with E-state index in [0.717, 1.165) is 0 Å². The summed E-state index contributed by atoms with van der Waals surface area (Å²) < 4.78 is 0. The van der Waals surface area contributed by atoms with E-state index in [1.165, 1.54) is 0 Å². The van der Waals surface area contributed by atoms with Crippen LogP contribution in [0.4, 0.5) is 0 Å². The monoisotopic (exact) mass is 361 g/mol. The standard InChI is InChI=1S/C16H24ClN3O2.ClH/c1-10(2)14(16(22)19-9-11(3)8-18)20-15(21)12-4-6-13(17)7-5-12;/h4-7,10-11,14H,8-9,18H2,1-3H3,(H,19,22)(H,20,21);1H. The number of carbonyl (C=O) groups is 2. The average Bonchev–Trinajstić information content (AvgIpc) is 2.49. The van der Waals surface area contributed by atoms with Crippen LogP contribution in [0, 0.1) is 11.8 Å². The van der Waals surface area contributed by atoms with Gasteiger partial charge in [-0.2, -0.15) is 0 Å². The van der Waals surface area contributed by atoms with Crippen LogP contribution in [-0.2, 0) is 4.79 Å². The highest BCUT2D eigenvalue weighted by Gasteiger charge is 2.24. The fraction of sp³-hybridized carbons (Fsp3) is 0.500. The lowest BCUT2D eigenvalue weighted by atomic mass is 10.0. The Hall–Kier alpha value is -1.30. The van der Waals surface area contributed by atoms with Gasteiger partial charge in [0.1, 0.15) is 6.04 Å². The number of rotatable bonds is 7. The molecule has 0 saturated carbocycles. The lowest BCUT2D eigenvalue weighted by molar-refractivity contribution is -0.124. The van der Waals surface area contributed by atoms with Gasteiger partial charge in [0, 0.05) is 17.1 Å². The Bertz CT molecular complexity index is 507. The molecule has 0 saturated heterocycles. The van der Waals surface area contributed by atoms with E-state index >= 15 is 0 Å². The number of hydrogen-bond donors (Lipinski definition) is 3. The molecule has 0 aliphatic heterocycles. The fourth-order valence-electron chi connectivity index (χ4n) is 1.83. The van der Waals surface area contributed by atoms with Crippen molar-refractivity contribution in [3.63, 3.8) is 0 Å². The van der Waals surface area contributed by atoms with E-state index in [1.54, 1.807) is 24.3 Å². The Morgan fingerprint density at radius 2 is 1.74 bits per heavy atom. The molecule has 130 valence electrons. The number of benzene rings is 1. The van der Waals surface area contributed by atoms with E-state index < -0.39 is 6.04 Å². The van der Waals surface area contributed by atoms with Crippen LogP contribution in [0.5, 0.6) is 0 Å². The molecule has 2 amide bonds. The molecule has 0 bridgehead atoms. The molecule has 0 heterocycles. The highest BCUT2D eigenvalue weighted by Crippen LogP contribution is 2.10. The summed E-state index contributed by atoms with van der Waals surface area (Å²) in [5.41, 5.74) is 6.00. The first kappa shape index (κ1) is 21.7. The third-order valence-electron chi connectivity index (χ3n) is 3.37. The van der Waals surface area contributed by atoms with Crippen LogP contribution in [0.15, 0.2) is 24.3 Å². The third kappa shape index (κ3) is 7.20. The zero-order valence-electron chi connectivity index (χ0n) is 13.6. The van der Waals surface area contributed by atoms with Gasteiger partial charge in [-0.25, -0.2) is 0 Å². The summed E-state index contributed by atoms with van der Waals surface area (Å²) in [5, 5.41) is 6.15. The van der Waals surface area contributed by atoms with Gasteiger partial charge in [0.15, 0.2) is 0 Å². The van der Waals surface area contributed by atoms with Gasteiger partial charge >= 0.3 is 0 Å². The van der Waals surface area contributed by atoms with Crippen molar-refractivity contribution in [1.29, 1.82) is 0 Å². The number of halogens is 2. The Kier molecular flexibility index (Phi) is 9.88. The Labute approximate surface area is 148 Å².